The van der Waals surface area contributed by atoms with E-state index >= 15 is 0 Å². The van der Waals surface area contributed by atoms with Crippen LogP contribution in [0.3, 0.4) is 0 Å². The molecule has 0 spiro atoms. The molecule has 0 aliphatic rings. The number of aromatic hydroxyl groups is 2. The SMILES string of the molecule is Oc1c(O)c(Br)c2cc(Br)c(Br)cc2c1Br. The summed E-state index contributed by atoms with van der Waals surface area (Å²) in [5, 5.41) is 21.0. The molecule has 0 atom stereocenters. The second kappa shape index (κ2) is 4.48. The molecule has 0 aliphatic carbocycles. The second-order valence-electron chi connectivity index (χ2n) is 3.14. The molecule has 0 saturated heterocycles. The number of rotatable bonds is 0. The zero-order valence-electron chi connectivity index (χ0n) is 7.56. The zero-order chi connectivity index (χ0) is 12.0. The minimum atomic E-state index is -0.173. The molecule has 0 aromatic heterocycles. The maximum absolute atomic E-state index is 9.69. The Bertz CT molecular complexity index is 543. The topological polar surface area (TPSA) is 40.5 Å². The minimum Gasteiger partial charge on any atom is -0.503 e. The summed E-state index contributed by atoms with van der Waals surface area (Å²) in [7, 11) is 0. The van der Waals surface area contributed by atoms with Gasteiger partial charge in [0, 0.05) is 19.7 Å². The van der Waals surface area contributed by atoms with Gasteiger partial charge in [0.2, 0.25) is 0 Å². The van der Waals surface area contributed by atoms with Crippen LogP contribution in [0.25, 0.3) is 10.8 Å². The van der Waals surface area contributed by atoms with Crippen LogP contribution in [0.1, 0.15) is 0 Å². The predicted molar refractivity (Wildman–Crippen MR) is 78.1 cm³/mol. The summed E-state index contributed by atoms with van der Waals surface area (Å²) in [6.45, 7) is 0. The molecule has 16 heavy (non-hydrogen) atoms. The van der Waals surface area contributed by atoms with E-state index in [1.165, 1.54) is 0 Å². The molecule has 0 unspecified atom stereocenters. The average Bonchev–Trinajstić information content (AvgIpc) is 2.26. The van der Waals surface area contributed by atoms with Crippen molar-refractivity contribution in [1.29, 1.82) is 0 Å². The summed E-state index contributed by atoms with van der Waals surface area (Å²) < 4.78 is 2.68. The van der Waals surface area contributed by atoms with Gasteiger partial charge in [-0.2, -0.15) is 0 Å². The molecule has 0 radical (unpaired) electrons. The van der Waals surface area contributed by atoms with E-state index in [0.717, 1.165) is 19.7 Å². The Morgan fingerprint density at radius 3 is 1.31 bits per heavy atom. The Labute approximate surface area is 125 Å². The first-order chi connectivity index (χ1) is 7.43. The molecule has 0 heterocycles. The van der Waals surface area contributed by atoms with E-state index in [-0.39, 0.29) is 11.5 Å². The summed E-state index contributed by atoms with van der Waals surface area (Å²) in [5.74, 6) is -0.345. The van der Waals surface area contributed by atoms with Crippen LogP contribution >= 0.6 is 63.7 Å². The van der Waals surface area contributed by atoms with Crippen molar-refractivity contribution in [3.63, 3.8) is 0 Å². The van der Waals surface area contributed by atoms with E-state index in [1.807, 2.05) is 12.1 Å². The van der Waals surface area contributed by atoms with E-state index < -0.39 is 0 Å². The highest BCUT2D eigenvalue weighted by Gasteiger charge is 2.16. The first-order valence-corrected chi connectivity index (χ1v) is 7.28. The molecule has 0 aliphatic heterocycles. The van der Waals surface area contributed by atoms with E-state index in [4.69, 9.17) is 0 Å². The summed E-state index contributed by atoms with van der Waals surface area (Å²) in [5.41, 5.74) is 0. The van der Waals surface area contributed by atoms with Gasteiger partial charge in [-0.05, 0) is 75.9 Å². The van der Waals surface area contributed by atoms with E-state index in [2.05, 4.69) is 63.7 Å². The fourth-order valence-electron chi connectivity index (χ4n) is 1.37. The summed E-state index contributed by atoms with van der Waals surface area (Å²) >= 11 is 13.3. The number of phenols is 2. The van der Waals surface area contributed by atoms with Gasteiger partial charge >= 0.3 is 0 Å². The lowest BCUT2D eigenvalue weighted by atomic mass is 10.1. The normalized spacial score (nSPS) is 11.0. The largest absolute Gasteiger partial charge is 0.503 e. The molecular formula is C10H4Br4O2. The average molecular weight is 476 g/mol. The summed E-state index contributed by atoms with van der Waals surface area (Å²) in [6.07, 6.45) is 0. The fourth-order valence-corrected chi connectivity index (χ4v) is 3.09. The first-order valence-electron chi connectivity index (χ1n) is 4.11. The summed E-state index contributed by atoms with van der Waals surface area (Å²) in [6, 6.07) is 3.71. The predicted octanol–water partition coefficient (Wildman–Crippen LogP) is 5.30. The molecule has 2 N–H and O–H groups in total. The molecule has 2 aromatic carbocycles. The minimum absolute atomic E-state index is 0.173. The van der Waals surface area contributed by atoms with Gasteiger partial charge in [0.25, 0.3) is 0 Å². The third kappa shape index (κ3) is 1.89. The maximum atomic E-state index is 9.69. The smallest absolute Gasteiger partial charge is 0.173 e. The van der Waals surface area contributed by atoms with Gasteiger partial charge in [-0.15, -0.1) is 0 Å². The van der Waals surface area contributed by atoms with Gasteiger partial charge in [-0.25, -0.2) is 0 Å². The van der Waals surface area contributed by atoms with Crippen LogP contribution < -0.4 is 0 Å². The molecule has 0 saturated carbocycles. The van der Waals surface area contributed by atoms with Gasteiger partial charge in [0.1, 0.15) is 0 Å². The summed E-state index contributed by atoms with van der Waals surface area (Å²) in [4.78, 5) is 0. The molecule has 2 aromatic rings. The van der Waals surface area contributed by atoms with Crippen LogP contribution in [0.5, 0.6) is 11.5 Å². The first kappa shape index (κ1) is 12.7. The van der Waals surface area contributed by atoms with Crippen molar-refractivity contribution >= 4 is 74.5 Å². The van der Waals surface area contributed by atoms with E-state index in [9.17, 15) is 10.2 Å². The molecule has 84 valence electrons. The van der Waals surface area contributed by atoms with Crippen LogP contribution in [0.15, 0.2) is 30.0 Å². The highest BCUT2D eigenvalue weighted by Crippen LogP contribution is 2.47. The van der Waals surface area contributed by atoms with E-state index in [1.54, 1.807) is 0 Å². The lowest BCUT2D eigenvalue weighted by molar-refractivity contribution is 0.400. The van der Waals surface area contributed by atoms with Crippen molar-refractivity contribution in [2.24, 2.45) is 0 Å². The van der Waals surface area contributed by atoms with Gasteiger partial charge in [-0.3, -0.25) is 0 Å². The highest BCUT2D eigenvalue weighted by atomic mass is 79.9. The molecule has 2 rings (SSSR count). The van der Waals surface area contributed by atoms with Gasteiger partial charge in [0.05, 0.1) is 8.95 Å². The lowest BCUT2D eigenvalue weighted by Gasteiger charge is -2.10. The number of hydrogen-bond acceptors (Lipinski definition) is 2. The Hall–Kier alpha value is 0.220. The number of fused-ring (bicyclic) bond motifs is 1. The van der Waals surface area contributed by atoms with Gasteiger partial charge in [0.15, 0.2) is 11.5 Å². The Morgan fingerprint density at radius 2 is 1.00 bits per heavy atom. The van der Waals surface area contributed by atoms with Crippen molar-refractivity contribution < 1.29 is 10.2 Å². The van der Waals surface area contributed by atoms with Crippen molar-refractivity contribution in [1.82, 2.24) is 0 Å². The number of phenolic OH excluding ortho intramolecular Hbond substituents is 2. The van der Waals surface area contributed by atoms with Crippen molar-refractivity contribution in [2.75, 3.05) is 0 Å². The number of benzene rings is 2. The molecular weight excluding hydrogens is 472 g/mol. The quantitative estimate of drug-likeness (QED) is 0.508. The van der Waals surface area contributed by atoms with E-state index in [0.29, 0.717) is 8.95 Å². The Morgan fingerprint density at radius 1 is 0.688 bits per heavy atom. The third-order valence-corrected chi connectivity index (χ3v) is 5.62. The van der Waals surface area contributed by atoms with Crippen LogP contribution in [-0.4, -0.2) is 10.2 Å². The third-order valence-electron chi connectivity index (χ3n) is 2.17. The number of hydrogen-bond donors (Lipinski definition) is 2. The van der Waals surface area contributed by atoms with Gasteiger partial charge in [-0.1, -0.05) is 0 Å². The lowest BCUT2D eigenvalue weighted by Crippen LogP contribution is -1.82. The maximum Gasteiger partial charge on any atom is 0.173 e. The van der Waals surface area contributed by atoms with Crippen LogP contribution in [0.4, 0.5) is 0 Å². The fraction of sp³-hybridized carbons (Fsp3) is 0. The molecule has 0 bridgehead atoms. The standard InChI is InChI=1S/C10H4Br4O2/c11-5-1-3-4(2-6(5)12)8(14)10(16)9(15)7(3)13/h1-2,15-16H. The molecule has 2 nitrogen and oxygen atoms in total. The van der Waals surface area contributed by atoms with Crippen molar-refractivity contribution in [3.05, 3.63) is 30.0 Å². The van der Waals surface area contributed by atoms with Crippen LogP contribution in [-0.2, 0) is 0 Å². The highest BCUT2D eigenvalue weighted by molar-refractivity contribution is 9.13. The van der Waals surface area contributed by atoms with Crippen LogP contribution in [0.2, 0.25) is 0 Å². The molecule has 0 fully saturated rings. The monoisotopic (exact) mass is 472 g/mol. The van der Waals surface area contributed by atoms with Crippen molar-refractivity contribution in [2.45, 2.75) is 0 Å². The second-order valence-corrected chi connectivity index (χ2v) is 6.43. The zero-order valence-corrected chi connectivity index (χ0v) is 13.9. The molecule has 0 amide bonds. The van der Waals surface area contributed by atoms with Crippen LogP contribution in [0, 0.1) is 0 Å². The van der Waals surface area contributed by atoms with Gasteiger partial charge < -0.3 is 10.2 Å². The Kier molecular flexibility index (Phi) is 3.55. The van der Waals surface area contributed by atoms with Crippen molar-refractivity contribution in [3.8, 4) is 11.5 Å². The number of halogens is 4. The molecule has 6 heteroatoms. The Balaban J connectivity index is 3.02.